The van der Waals surface area contributed by atoms with Crippen LogP contribution >= 0.6 is 0 Å². The number of hydrogen-bond donors (Lipinski definition) is 1. The van der Waals surface area contributed by atoms with Crippen molar-refractivity contribution in [3.63, 3.8) is 0 Å². The molecule has 4 nitrogen and oxygen atoms in total. The van der Waals surface area contributed by atoms with Crippen molar-refractivity contribution in [3.8, 4) is 0 Å². The fourth-order valence-corrected chi connectivity index (χ4v) is 3.98. The van der Waals surface area contributed by atoms with Gasteiger partial charge in [-0.15, -0.1) is 0 Å². The largest absolute Gasteiger partial charge is 0.396 e. The quantitative estimate of drug-likeness (QED) is 0.875. The Hall–Kier alpha value is -0.870. The van der Waals surface area contributed by atoms with Crippen LogP contribution < -0.4 is 0 Å². The molecule has 2 fully saturated rings. The van der Waals surface area contributed by atoms with Crippen molar-refractivity contribution < 1.29 is 5.11 Å². The van der Waals surface area contributed by atoms with Crippen LogP contribution in [0.2, 0.25) is 0 Å². The van der Waals surface area contributed by atoms with Gasteiger partial charge < -0.3 is 5.11 Å². The van der Waals surface area contributed by atoms with Gasteiger partial charge in [-0.3, -0.25) is 9.58 Å². The van der Waals surface area contributed by atoms with Gasteiger partial charge in [-0.2, -0.15) is 5.10 Å². The van der Waals surface area contributed by atoms with Crippen LogP contribution in [0.3, 0.4) is 0 Å². The molecule has 118 valence electrons. The van der Waals surface area contributed by atoms with Crippen molar-refractivity contribution >= 4 is 0 Å². The summed E-state index contributed by atoms with van der Waals surface area (Å²) in [5.74, 6) is 0. The summed E-state index contributed by atoms with van der Waals surface area (Å²) in [6, 6.07) is 3.49. The van der Waals surface area contributed by atoms with Crippen molar-refractivity contribution in [1.82, 2.24) is 14.7 Å². The molecule has 0 amide bonds. The normalized spacial score (nSPS) is 24.7. The zero-order chi connectivity index (χ0) is 14.5. The SMILES string of the molecule is OCCCC1CCCN1Cc1ccn(C2CCCCC2)n1. The van der Waals surface area contributed by atoms with Gasteiger partial charge in [0.25, 0.3) is 0 Å². The van der Waals surface area contributed by atoms with E-state index in [1.807, 2.05) is 0 Å². The summed E-state index contributed by atoms with van der Waals surface area (Å²) in [7, 11) is 0. The van der Waals surface area contributed by atoms with Crippen LogP contribution in [0.1, 0.15) is 69.5 Å². The molecule has 4 heteroatoms. The molecule has 1 aliphatic heterocycles. The first-order chi connectivity index (χ1) is 10.4. The Kier molecular flexibility index (Phi) is 5.31. The van der Waals surface area contributed by atoms with Crippen LogP contribution in [0, 0.1) is 0 Å². The minimum atomic E-state index is 0.320. The van der Waals surface area contributed by atoms with Crippen molar-refractivity contribution in [1.29, 1.82) is 0 Å². The zero-order valence-electron chi connectivity index (χ0n) is 13.1. The van der Waals surface area contributed by atoms with Gasteiger partial charge >= 0.3 is 0 Å². The van der Waals surface area contributed by atoms with Crippen LogP contribution in [0.25, 0.3) is 0 Å². The van der Waals surface area contributed by atoms with Gasteiger partial charge in [-0.05, 0) is 51.1 Å². The number of aliphatic hydroxyl groups is 1. The Bertz CT molecular complexity index is 425. The molecule has 1 N–H and O–H groups in total. The standard InChI is InChI=1S/C17H29N3O/c21-13-5-9-16-8-4-11-19(16)14-15-10-12-20(18-15)17-6-2-1-3-7-17/h10,12,16-17,21H,1-9,11,13-14H2. The molecule has 0 radical (unpaired) electrons. The average Bonchev–Trinajstić information content (AvgIpc) is 3.16. The van der Waals surface area contributed by atoms with Crippen LogP contribution in [-0.2, 0) is 6.54 Å². The smallest absolute Gasteiger partial charge is 0.0765 e. The highest BCUT2D eigenvalue weighted by Crippen LogP contribution is 2.28. The summed E-state index contributed by atoms with van der Waals surface area (Å²) in [6.45, 7) is 2.49. The molecule has 1 aromatic heterocycles. The van der Waals surface area contributed by atoms with Gasteiger partial charge in [-0.25, -0.2) is 0 Å². The monoisotopic (exact) mass is 291 g/mol. The second kappa shape index (κ2) is 7.41. The van der Waals surface area contributed by atoms with E-state index in [0.29, 0.717) is 18.7 Å². The first-order valence-corrected chi connectivity index (χ1v) is 8.76. The average molecular weight is 291 g/mol. The van der Waals surface area contributed by atoms with E-state index in [1.54, 1.807) is 0 Å². The molecule has 3 rings (SSSR count). The van der Waals surface area contributed by atoms with Gasteiger partial charge in [0.15, 0.2) is 0 Å². The molecule has 1 atom stereocenters. The predicted octanol–water partition coefficient (Wildman–Crippen LogP) is 3.13. The topological polar surface area (TPSA) is 41.3 Å². The van der Waals surface area contributed by atoms with E-state index < -0.39 is 0 Å². The molecular weight excluding hydrogens is 262 g/mol. The summed E-state index contributed by atoms with van der Waals surface area (Å²) in [5, 5.41) is 13.9. The molecule has 1 aromatic rings. The summed E-state index contributed by atoms with van der Waals surface area (Å²) < 4.78 is 2.22. The van der Waals surface area contributed by atoms with Gasteiger partial charge in [0.1, 0.15) is 0 Å². The Morgan fingerprint density at radius 1 is 1.14 bits per heavy atom. The summed E-state index contributed by atoms with van der Waals surface area (Å²) in [4.78, 5) is 2.56. The fraction of sp³-hybridized carbons (Fsp3) is 0.824. The maximum Gasteiger partial charge on any atom is 0.0765 e. The highest BCUT2D eigenvalue weighted by atomic mass is 16.2. The number of hydrogen-bond acceptors (Lipinski definition) is 3. The van der Waals surface area contributed by atoms with Crippen LogP contribution in [0.5, 0.6) is 0 Å². The first kappa shape index (κ1) is 15.0. The minimum absolute atomic E-state index is 0.320. The fourth-order valence-electron chi connectivity index (χ4n) is 3.98. The Labute approximate surface area is 128 Å². The van der Waals surface area contributed by atoms with E-state index in [9.17, 15) is 0 Å². The lowest BCUT2D eigenvalue weighted by molar-refractivity contribution is 0.207. The van der Waals surface area contributed by atoms with E-state index in [-0.39, 0.29) is 0 Å². The Morgan fingerprint density at radius 2 is 2.00 bits per heavy atom. The lowest BCUT2D eigenvalue weighted by Crippen LogP contribution is -2.29. The third kappa shape index (κ3) is 3.86. The number of likely N-dealkylation sites (tertiary alicyclic amines) is 1. The molecule has 1 unspecified atom stereocenters. The maximum atomic E-state index is 9.02. The molecule has 2 heterocycles. The summed E-state index contributed by atoms with van der Waals surface area (Å²) in [5.41, 5.74) is 1.22. The number of nitrogens with zero attached hydrogens (tertiary/aromatic N) is 3. The summed E-state index contributed by atoms with van der Waals surface area (Å²) in [6.07, 6.45) is 13.5. The minimum Gasteiger partial charge on any atom is -0.396 e. The number of aromatic nitrogens is 2. The second-order valence-electron chi connectivity index (χ2n) is 6.71. The third-order valence-electron chi connectivity index (χ3n) is 5.17. The first-order valence-electron chi connectivity index (χ1n) is 8.76. The molecule has 2 aliphatic rings. The number of aliphatic hydroxyl groups excluding tert-OH is 1. The molecular formula is C17H29N3O. The van der Waals surface area contributed by atoms with Gasteiger partial charge in [-0.1, -0.05) is 19.3 Å². The molecule has 0 aromatic carbocycles. The van der Waals surface area contributed by atoms with E-state index in [0.717, 1.165) is 19.4 Å². The van der Waals surface area contributed by atoms with Crippen molar-refractivity contribution in [2.45, 2.75) is 76.4 Å². The Balaban J connectivity index is 1.56. The van der Waals surface area contributed by atoms with Crippen LogP contribution in [0.15, 0.2) is 12.3 Å². The highest BCUT2D eigenvalue weighted by molar-refractivity contribution is 5.01. The highest BCUT2D eigenvalue weighted by Gasteiger charge is 2.25. The van der Waals surface area contributed by atoms with E-state index in [1.165, 1.54) is 57.2 Å². The number of rotatable bonds is 6. The van der Waals surface area contributed by atoms with Crippen molar-refractivity contribution in [3.05, 3.63) is 18.0 Å². The molecule has 0 spiro atoms. The molecule has 1 aliphatic carbocycles. The maximum absolute atomic E-state index is 9.02. The second-order valence-corrected chi connectivity index (χ2v) is 6.71. The summed E-state index contributed by atoms with van der Waals surface area (Å²) >= 11 is 0. The van der Waals surface area contributed by atoms with Gasteiger partial charge in [0.2, 0.25) is 0 Å². The van der Waals surface area contributed by atoms with Crippen LogP contribution in [-0.4, -0.2) is 39.0 Å². The predicted molar refractivity (Wildman–Crippen MR) is 84.1 cm³/mol. The van der Waals surface area contributed by atoms with Crippen molar-refractivity contribution in [2.24, 2.45) is 0 Å². The molecule has 1 saturated carbocycles. The lowest BCUT2D eigenvalue weighted by atomic mass is 9.96. The van der Waals surface area contributed by atoms with E-state index >= 15 is 0 Å². The molecule has 0 bridgehead atoms. The van der Waals surface area contributed by atoms with Gasteiger partial charge in [0, 0.05) is 25.4 Å². The molecule has 1 saturated heterocycles. The lowest BCUT2D eigenvalue weighted by Gasteiger charge is -2.24. The van der Waals surface area contributed by atoms with Crippen LogP contribution in [0.4, 0.5) is 0 Å². The van der Waals surface area contributed by atoms with E-state index in [4.69, 9.17) is 10.2 Å². The van der Waals surface area contributed by atoms with Gasteiger partial charge in [0.05, 0.1) is 11.7 Å². The molecule has 21 heavy (non-hydrogen) atoms. The Morgan fingerprint density at radius 3 is 2.81 bits per heavy atom. The van der Waals surface area contributed by atoms with Crippen molar-refractivity contribution in [2.75, 3.05) is 13.2 Å². The third-order valence-corrected chi connectivity index (χ3v) is 5.17. The zero-order valence-corrected chi connectivity index (χ0v) is 13.1. The van der Waals surface area contributed by atoms with E-state index in [2.05, 4.69) is 21.8 Å².